The summed E-state index contributed by atoms with van der Waals surface area (Å²) < 4.78 is 5.54. The van der Waals surface area contributed by atoms with Gasteiger partial charge in [0.1, 0.15) is 17.4 Å². The summed E-state index contributed by atoms with van der Waals surface area (Å²) in [7, 11) is 0. The average molecular weight is 425 g/mol. The summed E-state index contributed by atoms with van der Waals surface area (Å²) in [5.41, 5.74) is 4.48. The Morgan fingerprint density at radius 2 is 1.59 bits per heavy atom. The van der Waals surface area contributed by atoms with Crippen molar-refractivity contribution in [3.63, 3.8) is 0 Å². The van der Waals surface area contributed by atoms with Crippen LogP contribution in [0.3, 0.4) is 0 Å². The van der Waals surface area contributed by atoms with Crippen molar-refractivity contribution >= 4 is 23.1 Å². The maximum absolute atomic E-state index is 12.3. The molecule has 1 amide bonds. The van der Waals surface area contributed by atoms with Crippen LogP contribution in [-0.4, -0.2) is 22.5 Å². The fraction of sp³-hybridized carbons (Fsp3) is 0.115. The van der Waals surface area contributed by atoms with Crippen LogP contribution in [0.1, 0.15) is 11.4 Å². The van der Waals surface area contributed by atoms with E-state index in [1.165, 1.54) is 0 Å². The number of hydrogen-bond acceptors (Lipinski definition) is 5. The molecule has 3 aromatic carbocycles. The highest BCUT2D eigenvalue weighted by molar-refractivity contribution is 5.92. The highest BCUT2D eigenvalue weighted by atomic mass is 16.5. The fourth-order valence-electron chi connectivity index (χ4n) is 3.19. The molecule has 0 bridgehead atoms. The second-order valence-corrected chi connectivity index (χ2v) is 7.41. The molecular formula is C26H24N4O2. The number of anilines is 3. The van der Waals surface area contributed by atoms with Crippen molar-refractivity contribution in [2.24, 2.45) is 0 Å². The van der Waals surface area contributed by atoms with Crippen LogP contribution in [0, 0.1) is 13.8 Å². The Bertz CT molecular complexity index is 1210. The maximum atomic E-state index is 12.3. The molecule has 0 unspecified atom stereocenters. The molecule has 0 spiro atoms. The predicted octanol–water partition coefficient (Wildman–Crippen LogP) is 5.52. The van der Waals surface area contributed by atoms with Gasteiger partial charge in [0.25, 0.3) is 5.91 Å². The number of ether oxygens (including phenoxy) is 1. The Kier molecular flexibility index (Phi) is 6.41. The Hall–Kier alpha value is -4.19. The molecule has 0 aliphatic heterocycles. The smallest absolute Gasteiger partial charge is 0.262 e. The maximum Gasteiger partial charge on any atom is 0.262 e. The van der Waals surface area contributed by atoms with Crippen LogP contribution in [0.2, 0.25) is 0 Å². The number of aromatic nitrogens is 2. The van der Waals surface area contributed by atoms with Crippen LogP contribution >= 0.6 is 0 Å². The molecule has 4 aromatic rings. The number of hydrogen-bond donors (Lipinski definition) is 2. The van der Waals surface area contributed by atoms with Gasteiger partial charge in [-0.25, -0.2) is 9.97 Å². The summed E-state index contributed by atoms with van der Waals surface area (Å²) in [5, 5.41) is 6.16. The first kappa shape index (κ1) is 21.1. The van der Waals surface area contributed by atoms with Crippen molar-refractivity contribution in [3.8, 4) is 17.0 Å². The fourth-order valence-corrected chi connectivity index (χ4v) is 3.19. The molecule has 0 aliphatic rings. The summed E-state index contributed by atoms with van der Waals surface area (Å²) in [5.74, 6) is 1.79. The number of nitrogens with one attached hydrogen (secondary N) is 2. The minimum Gasteiger partial charge on any atom is -0.484 e. The molecule has 0 atom stereocenters. The molecule has 160 valence electrons. The lowest BCUT2D eigenvalue weighted by molar-refractivity contribution is -0.118. The van der Waals surface area contributed by atoms with Gasteiger partial charge in [0.15, 0.2) is 6.61 Å². The van der Waals surface area contributed by atoms with Crippen molar-refractivity contribution in [3.05, 3.63) is 96.3 Å². The molecule has 6 nitrogen and oxygen atoms in total. The van der Waals surface area contributed by atoms with Gasteiger partial charge in [0, 0.05) is 23.0 Å². The normalized spacial score (nSPS) is 10.4. The van der Waals surface area contributed by atoms with Crippen LogP contribution in [0.4, 0.5) is 17.2 Å². The third kappa shape index (κ3) is 5.70. The van der Waals surface area contributed by atoms with Gasteiger partial charge >= 0.3 is 0 Å². The molecule has 1 aromatic heterocycles. The average Bonchev–Trinajstić information content (AvgIpc) is 2.79. The van der Waals surface area contributed by atoms with Gasteiger partial charge in [0.2, 0.25) is 0 Å². The number of amides is 1. The Balaban J connectivity index is 1.41. The van der Waals surface area contributed by atoms with E-state index in [1.807, 2.05) is 98.8 Å². The second-order valence-electron chi connectivity index (χ2n) is 7.41. The van der Waals surface area contributed by atoms with Gasteiger partial charge in [-0.15, -0.1) is 0 Å². The van der Waals surface area contributed by atoms with Gasteiger partial charge in [-0.1, -0.05) is 54.1 Å². The largest absolute Gasteiger partial charge is 0.484 e. The minimum absolute atomic E-state index is 0.0632. The van der Waals surface area contributed by atoms with Gasteiger partial charge in [-0.3, -0.25) is 4.79 Å². The van der Waals surface area contributed by atoms with E-state index in [4.69, 9.17) is 4.74 Å². The molecular weight excluding hydrogens is 400 g/mol. The SMILES string of the molecule is Cc1ccc(OCC(=O)Nc2cccc(Nc3cc(-c4ccccc4)nc(C)n3)c2)cc1. The van der Waals surface area contributed by atoms with Crippen molar-refractivity contribution in [2.75, 3.05) is 17.2 Å². The zero-order valence-electron chi connectivity index (χ0n) is 18.0. The van der Waals surface area contributed by atoms with Crippen LogP contribution in [0.15, 0.2) is 84.9 Å². The van der Waals surface area contributed by atoms with Gasteiger partial charge in [0.05, 0.1) is 5.69 Å². The van der Waals surface area contributed by atoms with Gasteiger partial charge in [-0.05, 0) is 44.2 Å². The second kappa shape index (κ2) is 9.75. The monoisotopic (exact) mass is 424 g/mol. The lowest BCUT2D eigenvalue weighted by Crippen LogP contribution is -2.20. The number of carbonyl (C=O) groups excluding carboxylic acids is 1. The molecule has 32 heavy (non-hydrogen) atoms. The molecule has 0 fully saturated rings. The first-order valence-corrected chi connectivity index (χ1v) is 10.3. The van der Waals surface area contributed by atoms with Crippen LogP contribution in [-0.2, 0) is 4.79 Å². The number of benzene rings is 3. The lowest BCUT2D eigenvalue weighted by atomic mass is 10.1. The van der Waals surface area contributed by atoms with Crippen molar-refractivity contribution in [2.45, 2.75) is 13.8 Å². The first-order valence-electron chi connectivity index (χ1n) is 10.3. The molecule has 0 saturated carbocycles. The van der Waals surface area contributed by atoms with Crippen molar-refractivity contribution in [1.29, 1.82) is 0 Å². The number of nitrogens with zero attached hydrogens (tertiary/aromatic N) is 2. The van der Waals surface area contributed by atoms with Crippen LogP contribution < -0.4 is 15.4 Å². The first-order chi connectivity index (χ1) is 15.5. The van der Waals surface area contributed by atoms with E-state index in [2.05, 4.69) is 20.6 Å². The number of rotatable bonds is 7. The zero-order valence-corrected chi connectivity index (χ0v) is 18.0. The number of aryl methyl sites for hydroxylation is 2. The minimum atomic E-state index is -0.230. The van der Waals surface area contributed by atoms with Gasteiger partial charge in [-0.2, -0.15) is 0 Å². The molecule has 2 N–H and O–H groups in total. The zero-order chi connectivity index (χ0) is 22.3. The van der Waals surface area contributed by atoms with E-state index in [0.717, 1.165) is 22.5 Å². The lowest BCUT2D eigenvalue weighted by Gasteiger charge is -2.11. The topological polar surface area (TPSA) is 76.1 Å². The molecule has 0 radical (unpaired) electrons. The van der Waals surface area contributed by atoms with Crippen LogP contribution in [0.25, 0.3) is 11.3 Å². The van der Waals surface area contributed by atoms with Crippen molar-refractivity contribution in [1.82, 2.24) is 9.97 Å². The summed E-state index contributed by atoms with van der Waals surface area (Å²) in [4.78, 5) is 21.3. The summed E-state index contributed by atoms with van der Waals surface area (Å²) in [6, 6.07) is 26.9. The van der Waals surface area contributed by atoms with E-state index in [9.17, 15) is 4.79 Å². The van der Waals surface area contributed by atoms with E-state index >= 15 is 0 Å². The Morgan fingerprint density at radius 1 is 0.844 bits per heavy atom. The van der Waals surface area contributed by atoms with Crippen molar-refractivity contribution < 1.29 is 9.53 Å². The van der Waals surface area contributed by atoms with E-state index in [1.54, 1.807) is 0 Å². The summed E-state index contributed by atoms with van der Waals surface area (Å²) in [6.07, 6.45) is 0. The highest BCUT2D eigenvalue weighted by Gasteiger charge is 2.07. The predicted molar refractivity (Wildman–Crippen MR) is 127 cm³/mol. The van der Waals surface area contributed by atoms with E-state index in [-0.39, 0.29) is 12.5 Å². The highest BCUT2D eigenvalue weighted by Crippen LogP contribution is 2.23. The molecule has 0 aliphatic carbocycles. The standard InChI is InChI=1S/C26H24N4O2/c1-18-11-13-23(14-12-18)32-17-26(31)30-22-10-6-9-21(15-22)29-25-16-24(27-19(2)28-25)20-7-4-3-5-8-20/h3-16H,17H2,1-2H3,(H,30,31)(H,27,28,29). The third-order valence-corrected chi connectivity index (χ3v) is 4.72. The van der Waals surface area contributed by atoms with Gasteiger partial charge < -0.3 is 15.4 Å². The molecule has 1 heterocycles. The Labute approximate surface area is 187 Å². The summed E-state index contributed by atoms with van der Waals surface area (Å²) in [6.45, 7) is 3.80. The van der Waals surface area contributed by atoms with E-state index in [0.29, 0.717) is 23.1 Å². The third-order valence-electron chi connectivity index (χ3n) is 4.72. The van der Waals surface area contributed by atoms with Crippen LogP contribution in [0.5, 0.6) is 5.75 Å². The summed E-state index contributed by atoms with van der Waals surface area (Å²) >= 11 is 0. The molecule has 6 heteroatoms. The molecule has 4 rings (SSSR count). The van der Waals surface area contributed by atoms with E-state index < -0.39 is 0 Å². The molecule has 0 saturated heterocycles. The Morgan fingerprint density at radius 3 is 2.38 bits per heavy atom. The quantitative estimate of drug-likeness (QED) is 0.408. The number of carbonyl (C=O) groups is 1.